The molecule has 98 valence electrons. The van der Waals surface area contributed by atoms with Crippen molar-refractivity contribution in [1.29, 1.82) is 0 Å². The average Bonchev–Trinajstić information content (AvgIpc) is 2.23. The molecular weight excluding hydrogens is 200 g/mol. The number of aliphatic hydroxyl groups excluding tert-OH is 1. The van der Waals surface area contributed by atoms with E-state index in [4.69, 9.17) is 9.84 Å². The van der Waals surface area contributed by atoms with Crippen molar-refractivity contribution in [3.8, 4) is 0 Å². The molecule has 0 heterocycles. The molecule has 0 aliphatic rings. The number of aliphatic hydroxyl groups is 1. The van der Waals surface area contributed by atoms with Crippen LogP contribution in [0.15, 0.2) is 0 Å². The van der Waals surface area contributed by atoms with Crippen LogP contribution in [0.25, 0.3) is 0 Å². The third-order valence-electron chi connectivity index (χ3n) is 2.88. The lowest BCUT2D eigenvalue weighted by Crippen LogP contribution is -2.09. The maximum absolute atomic E-state index is 9.10. The molecule has 2 heteroatoms. The van der Waals surface area contributed by atoms with Crippen molar-refractivity contribution in [2.45, 2.75) is 84.3 Å². The van der Waals surface area contributed by atoms with Gasteiger partial charge in [-0.25, -0.2) is 0 Å². The first-order valence-corrected chi connectivity index (χ1v) is 6.96. The van der Waals surface area contributed by atoms with Crippen LogP contribution < -0.4 is 0 Å². The van der Waals surface area contributed by atoms with E-state index in [1.54, 1.807) is 0 Å². The summed E-state index contributed by atoms with van der Waals surface area (Å²) in [5.41, 5.74) is 0. The van der Waals surface area contributed by atoms with Crippen molar-refractivity contribution < 1.29 is 9.84 Å². The number of unbranched alkanes of at least 4 members (excludes halogenated alkanes) is 4. The maximum atomic E-state index is 9.10. The van der Waals surface area contributed by atoms with E-state index in [0.717, 1.165) is 25.9 Å². The van der Waals surface area contributed by atoms with Crippen molar-refractivity contribution >= 4 is 0 Å². The molecule has 0 aliphatic carbocycles. The van der Waals surface area contributed by atoms with Crippen LogP contribution in [0.1, 0.15) is 72.1 Å². The monoisotopic (exact) mass is 230 g/mol. The summed E-state index contributed by atoms with van der Waals surface area (Å²) < 4.78 is 5.72. The fraction of sp³-hybridized carbons (Fsp3) is 1.00. The fourth-order valence-electron chi connectivity index (χ4n) is 1.77. The van der Waals surface area contributed by atoms with Crippen molar-refractivity contribution in [2.24, 2.45) is 0 Å². The molecule has 0 aromatic carbocycles. The van der Waals surface area contributed by atoms with Gasteiger partial charge in [0.05, 0.1) is 12.2 Å². The molecule has 2 atom stereocenters. The SMILES string of the molecule is CCCCCOC(C)CCCCCC(C)O. The predicted molar refractivity (Wildman–Crippen MR) is 69.7 cm³/mol. The highest BCUT2D eigenvalue weighted by atomic mass is 16.5. The van der Waals surface area contributed by atoms with Gasteiger partial charge in [-0.15, -0.1) is 0 Å². The molecule has 0 radical (unpaired) electrons. The molecule has 0 aromatic heterocycles. The average molecular weight is 230 g/mol. The zero-order chi connectivity index (χ0) is 12.2. The van der Waals surface area contributed by atoms with E-state index in [1.807, 2.05) is 6.92 Å². The Balaban J connectivity index is 3.14. The summed E-state index contributed by atoms with van der Waals surface area (Å²) in [6, 6.07) is 0. The normalized spacial score (nSPS) is 15.0. The Morgan fingerprint density at radius 3 is 2.25 bits per heavy atom. The van der Waals surface area contributed by atoms with Crippen LogP contribution in [-0.2, 0) is 4.74 Å². The van der Waals surface area contributed by atoms with Crippen molar-refractivity contribution in [3.05, 3.63) is 0 Å². The van der Waals surface area contributed by atoms with E-state index in [2.05, 4.69) is 13.8 Å². The second kappa shape index (κ2) is 11.4. The molecule has 0 amide bonds. The fourth-order valence-corrected chi connectivity index (χ4v) is 1.77. The molecule has 0 saturated carbocycles. The Bertz CT molecular complexity index is 135. The van der Waals surface area contributed by atoms with Gasteiger partial charge in [0, 0.05) is 6.61 Å². The standard InChI is InChI=1S/C14H30O2/c1-4-5-9-12-16-14(3)11-8-6-7-10-13(2)15/h13-15H,4-12H2,1-3H3. The Morgan fingerprint density at radius 2 is 1.62 bits per heavy atom. The van der Waals surface area contributed by atoms with Gasteiger partial charge < -0.3 is 9.84 Å². The summed E-state index contributed by atoms with van der Waals surface area (Å²) in [6.07, 6.45) is 9.68. The number of ether oxygens (including phenoxy) is 1. The van der Waals surface area contributed by atoms with Crippen LogP contribution in [0.2, 0.25) is 0 Å². The van der Waals surface area contributed by atoms with Crippen molar-refractivity contribution in [2.75, 3.05) is 6.61 Å². The van der Waals surface area contributed by atoms with Crippen LogP contribution >= 0.6 is 0 Å². The number of hydrogen-bond acceptors (Lipinski definition) is 2. The second-order valence-electron chi connectivity index (χ2n) is 4.88. The molecule has 0 spiro atoms. The quantitative estimate of drug-likeness (QED) is 0.545. The lowest BCUT2D eigenvalue weighted by Gasteiger charge is -2.12. The third kappa shape index (κ3) is 12.0. The van der Waals surface area contributed by atoms with E-state index >= 15 is 0 Å². The van der Waals surface area contributed by atoms with E-state index < -0.39 is 0 Å². The minimum absolute atomic E-state index is 0.136. The van der Waals surface area contributed by atoms with Crippen LogP contribution in [0, 0.1) is 0 Å². The summed E-state index contributed by atoms with van der Waals surface area (Å²) >= 11 is 0. The van der Waals surface area contributed by atoms with Gasteiger partial charge in [0.15, 0.2) is 0 Å². The van der Waals surface area contributed by atoms with Crippen LogP contribution in [-0.4, -0.2) is 23.9 Å². The Kier molecular flexibility index (Phi) is 11.3. The second-order valence-corrected chi connectivity index (χ2v) is 4.88. The van der Waals surface area contributed by atoms with Gasteiger partial charge in [-0.2, -0.15) is 0 Å². The number of rotatable bonds is 11. The molecule has 0 rings (SSSR count). The van der Waals surface area contributed by atoms with E-state index in [0.29, 0.717) is 6.10 Å². The molecule has 0 bridgehead atoms. The summed E-state index contributed by atoms with van der Waals surface area (Å²) in [5, 5.41) is 9.10. The molecule has 2 nitrogen and oxygen atoms in total. The van der Waals surface area contributed by atoms with Gasteiger partial charge in [-0.1, -0.05) is 39.0 Å². The van der Waals surface area contributed by atoms with E-state index in [1.165, 1.54) is 32.1 Å². The molecule has 2 unspecified atom stereocenters. The highest BCUT2D eigenvalue weighted by Crippen LogP contribution is 2.10. The van der Waals surface area contributed by atoms with E-state index in [-0.39, 0.29) is 6.10 Å². The van der Waals surface area contributed by atoms with Gasteiger partial charge in [0.25, 0.3) is 0 Å². The lowest BCUT2D eigenvalue weighted by molar-refractivity contribution is 0.0557. The Labute approximate surface area is 101 Å². The summed E-state index contributed by atoms with van der Waals surface area (Å²) in [6.45, 7) is 7.16. The maximum Gasteiger partial charge on any atom is 0.0547 e. The Hall–Kier alpha value is -0.0800. The minimum atomic E-state index is -0.136. The highest BCUT2D eigenvalue weighted by molar-refractivity contribution is 4.54. The first-order chi connectivity index (χ1) is 7.66. The van der Waals surface area contributed by atoms with Gasteiger partial charge in [0.1, 0.15) is 0 Å². The third-order valence-corrected chi connectivity index (χ3v) is 2.88. The van der Waals surface area contributed by atoms with Gasteiger partial charge in [-0.3, -0.25) is 0 Å². The number of hydrogen-bond donors (Lipinski definition) is 1. The molecule has 0 saturated heterocycles. The highest BCUT2D eigenvalue weighted by Gasteiger charge is 2.02. The van der Waals surface area contributed by atoms with Gasteiger partial charge >= 0.3 is 0 Å². The van der Waals surface area contributed by atoms with Crippen molar-refractivity contribution in [3.63, 3.8) is 0 Å². The van der Waals surface area contributed by atoms with Crippen LogP contribution in [0.5, 0.6) is 0 Å². The molecule has 0 aliphatic heterocycles. The van der Waals surface area contributed by atoms with Crippen LogP contribution in [0.4, 0.5) is 0 Å². The van der Waals surface area contributed by atoms with E-state index in [9.17, 15) is 0 Å². The minimum Gasteiger partial charge on any atom is -0.393 e. The molecule has 1 N–H and O–H groups in total. The first-order valence-electron chi connectivity index (χ1n) is 6.96. The van der Waals surface area contributed by atoms with Crippen LogP contribution in [0.3, 0.4) is 0 Å². The summed E-state index contributed by atoms with van der Waals surface area (Å²) in [7, 11) is 0. The Morgan fingerprint density at radius 1 is 0.938 bits per heavy atom. The predicted octanol–water partition coefficient (Wildman–Crippen LogP) is 3.91. The molecular formula is C14H30O2. The molecule has 0 fully saturated rings. The zero-order valence-corrected chi connectivity index (χ0v) is 11.4. The van der Waals surface area contributed by atoms with Gasteiger partial charge in [0.2, 0.25) is 0 Å². The molecule has 16 heavy (non-hydrogen) atoms. The smallest absolute Gasteiger partial charge is 0.0547 e. The summed E-state index contributed by atoms with van der Waals surface area (Å²) in [4.78, 5) is 0. The first kappa shape index (κ1) is 15.9. The topological polar surface area (TPSA) is 29.5 Å². The summed E-state index contributed by atoms with van der Waals surface area (Å²) in [5.74, 6) is 0. The molecule has 0 aromatic rings. The van der Waals surface area contributed by atoms with Crippen molar-refractivity contribution in [1.82, 2.24) is 0 Å². The largest absolute Gasteiger partial charge is 0.393 e. The lowest BCUT2D eigenvalue weighted by atomic mass is 10.1. The van der Waals surface area contributed by atoms with Gasteiger partial charge in [-0.05, 0) is 33.1 Å². The zero-order valence-electron chi connectivity index (χ0n) is 11.4.